The fourth-order valence-corrected chi connectivity index (χ4v) is 4.02. The van der Waals surface area contributed by atoms with Gasteiger partial charge in [0.1, 0.15) is 0 Å². The Labute approximate surface area is 150 Å². The van der Waals surface area contributed by atoms with E-state index >= 15 is 0 Å². The van der Waals surface area contributed by atoms with Gasteiger partial charge in [-0.15, -0.1) is 0 Å². The number of aromatic nitrogens is 1. The van der Waals surface area contributed by atoms with Gasteiger partial charge in [0.05, 0.1) is 12.3 Å². The molecule has 126 valence electrons. The van der Waals surface area contributed by atoms with Crippen LogP contribution in [0.25, 0.3) is 10.9 Å². The Bertz CT molecular complexity index is 961. The van der Waals surface area contributed by atoms with Crippen molar-refractivity contribution in [3.05, 3.63) is 71.4 Å². The second-order valence-corrected chi connectivity index (χ2v) is 7.25. The molecule has 2 aromatic carbocycles. The molecule has 5 heteroatoms. The zero-order chi connectivity index (χ0) is 17.4. The Balaban J connectivity index is 1.71. The third kappa shape index (κ3) is 3.07. The van der Waals surface area contributed by atoms with Gasteiger partial charge in [0, 0.05) is 23.6 Å². The monoisotopic (exact) mass is 350 g/mol. The van der Waals surface area contributed by atoms with Gasteiger partial charge in [-0.1, -0.05) is 59.8 Å². The van der Waals surface area contributed by atoms with Crippen LogP contribution in [0, 0.1) is 6.92 Å². The molecule has 25 heavy (non-hydrogen) atoms. The second kappa shape index (κ2) is 6.41. The molecule has 0 unspecified atom stereocenters. The summed E-state index contributed by atoms with van der Waals surface area (Å²) in [5.74, 6) is 0.145. The molecule has 0 radical (unpaired) electrons. The first kappa shape index (κ1) is 16.0. The molecule has 1 aliphatic heterocycles. The lowest BCUT2D eigenvalue weighted by Gasteiger charge is -2.11. The molecule has 3 aromatic rings. The van der Waals surface area contributed by atoms with E-state index in [0.717, 1.165) is 34.8 Å². The van der Waals surface area contributed by atoms with Crippen LogP contribution in [0.4, 0.5) is 4.79 Å². The van der Waals surface area contributed by atoms with Crippen LogP contribution in [-0.4, -0.2) is 26.4 Å². The highest BCUT2D eigenvalue weighted by Gasteiger charge is 2.30. The molecule has 4 nitrogen and oxygen atoms in total. The van der Waals surface area contributed by atoms with Crippen LogP contribution in [0.3, 0.4) is 0 Å². The molecule has 0 aliphatic carbocycles. The van der Waals surface area contributed by atoms with E-state index < -0.39 is 0 Å². The maximum atomic E-state index is 11.9. The first-order valence-electron chi connectivity index (χ1n) is 8.21. The summed E-state index contributed by atoms with van der Waals surface area (Å²) < 4.78 is 2.19. The van der Waals surface area contributed by atoms with Crippen LogP contribution in [0.2, 0.25) is 0 Å². The largest absolute Gasteiger partial charge is 0.343 e. The summed E-state index contributed by atoms with van der Waals surface area (Å²) in [6.07, 6.45) is 2.07. The lowest BCUT2D eigenvalue weighted by atomic mass is 10.1. The molecule has 2 amide bonds. The van der Waals surface area contributed by atoms with Crippen molar-refractivity contribution >= 4 is 33.8 Å². The number of amides is 2. The maximum absolute atomic E-state index is 11.9. The van der Waals surface area contributed by atoms with Gasteiger partial charge in [0.25, 0.3) is 5.24 Å². The van der Waals surface area contributed by atoms with Gasteiger partial charge in [0.2, 0.25) is 5.91 Å². The van der Waals surface area contributed by atoms with Gasteiger partial charge in [0.15, 0.2) is 0 Å². The zero-order valence-corrected chi connectivity index (χ0v) is 14.8. The number of carbonyl (C=O) groups is 2. The van der Waals surface area contributed by atoms with E-state index in [1.165, 1.54) is 16.0 Å². The zero-order valence-electron chi connectivity index (χ0n) is 13.9. The molecular formula is C20H18N2O2S. The number of rotatable bonds is 4. The summed E-state index contributed by atoms with van der Waals surface area (Å²) in [6.45, 7) is 3.19. The Morgan fingerprint density at radius 2 is 1.88 bits per heavy atom. The Kier molecular flexibility index (Phi) is 4.09. The van der Waals surface area contributed by atoms with Crippen molar-refractivity contribution in [1.82, 2.24) is 9.47 Å². The molecular weight excluding hydrogens is 332 g/mol. The number of imide groups is 1. The van der Waals surface area contributed by atoms with Crippen molar-refractivity contribution in [3.63, 3.8) is 0 Å². The maximum Gasteiger partial charge on any atom is 0.289 e. The summed E-state index contributed by atoms with van der Waals surface area (Å²) in [5.41, 5.74) is 4.59. The minimum absolute atomic E-state index is 0.106. The fourth-order valence-electron chi connectivity index (χ4n) is 3.29. The lowest BCUT2D eigenvalue weighted by Crippen LogP contribution is -2.27. The van der Waals surface area contributed by atoms with Crippen molar-refractivity contribution < 1.29 is 9.59 Å². The quantitative estimate of drug-likeness (QED) is 0.708. The second-order valence-electron chi connectivity index (χ2n) is 6.32. The van der Waals surface area contributed by atoms with Crippen LogP contribution in [0.5, 0.6) is 0 Å². The number of fused-ring (bicyclic) bond motifs is 1. The van der Waals surface area contributed by atoms with E-state index in [9.17, 15) is 9.59 Å². The molecule has 0 bridgehead atoms. The molecule has 0 saturated carbocycles. The van der Waals surface area contributed by atoms with E-state index in [1.807, 2.05) is 12.1 Å². The smallest absolute Gasteiger partial charge is 0.289 e. The van der Waals surface area contributed by atoms with E-state index in [1.54, 1.807) is 0 Å². The van der Waals surface area contributed by atoms with Crippen LogP contribution < -0.4 is 0 Å². The molecule has 0 spiro atoms. The van der Waals surface area contributed by atoms with Crippen molar-refractivity contribution in [2.24, 2.45) is 0 Å². The normalized spacial score (nSPS) is 14.7. The van der Waals surface area contributed by atoms with Crippen molar-refractivity contribution in [2.45, 2.75) is 20.0 Å². The molecule has 2 heterocycles. The number of para-hydroxylation sites is 1. The standard InChI is InChI=1S/C20H18N2O2S/c1-14-5-4-6-15(9-14)10-21-11-16(17-7-2-3-8-18(17)21)12-22-19(23)13-25-20(22)24/h2-9,11H,10,12-13H2,1H3. The molecule has 1 fully saturated rings. The molecule has 1 saturated heterocycles. The predicted octanol–water partition coefficient (Wildman–Crippen LogP) is 4.19. The summed E-state index contributed by atoms with van der Waals surface area (Å²) in [6, 6.07) is 16.6. The Hall–Kier alpha value is -2.53. The average molecular weight is 350 g/mol. The first-order chi connectivity index (χ1) is 12.1. The van der Waals surface area contributed by atoms with Crippen LogP contribution >= 0.6 is 11.8 Å². The molecule has 1 aromatic heterocycles. The molecule has 4 rings (SSSR count). The van der Waals surface area contributed by atoms with Crippen molar-refractivity contribution in [3.8, 4) is 0 Å². The predicted molar refractivity (Wildman–Crippen MR) is 101 cm³/mol. The van der Waals surface area contributed by atoms with Gasteiger partial charge < -0.3 is 4.57 Å². The molecule has 1 aliphatic rings. The third-order valence-electron chi connectivity index (χ3n) is 4.48. The minimum atomic E-state index is -0.152. The van der Waals surface area contributed by atoms with Gasteiger partial charge >= 0.3 is 0 Å². The highest BCUT2D eigenvalue weighted by molar-refractivity contribution is 8.14. The fraction of sp³-hybridized carbons (Fsp3) is 0.200. The molecule has 0 atom stereocenters. The first-order valence-corrected chi connectivity index (χ1v) is 9.20. The van der Waals surface area contributed by atoms with Gasteiger partial charge in [-0.25, -0.2) is 0 Å². The van der Waals surface area contributed by atoms with E-state index in [2.05, 4.69) is 54.1 Å². The highest BCUT2D eigenvalue weighted by Crippen LogP contribution is 2.27. The van der Waals surface area contributed by atoms with E-state index in [0.29, 0.717) is 6.54 Å². The SMILES string of the molecule is Cc1cccc(Cn2cc(CN3C(=O)CSC3=O)c3ccccc32)c1. The number of nitrogens with zero attached hydrogens (tertiary/aromatic N) is 2. The van der Waals surface area contributed by atoms with Crippen LogP contribution in [-0.2, 0) is 17.9 Å². The summed E-state index contributed by atoms with van der Waals surface area (Å²) in [4.78, 5) is 25.2. The van der Waals surface area contributed by atoms with Gasteiger partial charge in [-0.2, -0.15) is 0 Å². The van der Waals surface area contributed by atoms with Crippen LogP contribution in [0.1, 0.15) is 16.7 Å². The number of hydrogen-bond donors (Lipinski definition) is 0. The number of carbonyl (C=O) groups excluding carboxylic acids is 2. The van der Waals surface area contributed by atoms with Crippen molar-refractivity contribution in [2.75, 3.05) is 5.75 Å². The van der Waals surface area contributed by atoms with Crippen molar-refractivity contribution in [1.29, 1.82) is 0 Å². The number of benzene rings is 2. The topological polar surface area (TPSA) is 42.3 Å². The van der Waals surface area contributed by atoms with Gasteiger partial charge in [-0.05, 0) is 24.1 Å². The lowest BCUT2D eigenvalue weighted by molar-refractivity contribution is -0.124. The van der Waals surface area contributed by atoms with Gasteiger partial charge in [-0.3, -0.25) is 14.5 Å². The third-order valence-corrected chi connectivity index (χ3v) is 5.33. The highest BCUT2D eigenvalue weighted by atomic mass is 32.2. The summed E-state index contributed by atoms with van der Waals surface area (Å²) in [5, 5.41) is 0.938. The van der Waals surface area contributed by atoms with E-state index in [-0.39, 0.29) is 16.9 Å². The number of hydrogen-bond acceptors (Lipinski definition) is 3. The Morgan fingerprint density at radius 3 is 2.64 bits per heavy atom. The Morgan fingerprint density at radius 1 is 1.04 bits per heavy atom. The average Bonchev–Trinajstić information content (AvgIpc) is 3.11. The summed E-state index contributed by atoms with van der Waals surface area (Å²) >= 11 is 1.08. The summed E-state index contributed by atoms with van der Waals surface area (Å²) in [7, 11) is 0. The van der Waals surface area contributed by atoms with E-state index in [4.69, 9.17) is 0 Å². The molecule has 0 N–H and O–H groups in total. The minimum Gasteiger partial charge on any atom is -0.343 e. The van der Waals surface area contributed by atoms with Crippen LogP contribution in [0.15, 0.2) is 54.7 Å². The number of aryl methyl sites for hydroxylation is 1. The number of thioether (sulfide) groups is 1.